The van der Waals surface area contributed by atoms with Crippen molar-refractivity contribution in [3.63, 3.8) is 0 Å². The van der Waals surface area contributed by atoms with E-state index in [4.69, 9.17) is 4.74 Å². The van der Waals surface area contributed by atoms with Crippen LogP contribution in [0.4, 0.5) is 0 Å². The van der Waals surface area contributed by atoms with Crippen LogP contribution in [0.3, 0.4) is 0 Å². The molecule has 0 atom stereocenters. The predicted octanol–water partition coefficient (Wildman–Crippen LogP) is 1.81. The molecule has 3 rings (SSSR count). The molecule has 106 valence electrons. The molecule has 2 aromatic heterocycles. The lowest BCUT2D eigenvalue weighted by Crippen LogP contribution is -2.08. The van der Waals surface area contributed by atoms with Gasteiger partial charge in [-0.15, -0.1) is 5.10 Å². The van der Waals surface area contributed by atoms with Crippen LogP contribution in [0.5, 0.6) is 6.01 Å². The van der Waals surface area contributed by atoms with E-state index in [-0.39, 0.29) is 17.5 Å². The van der Waals surface area contributed by atoms with E-state index in [0.717, 1.165) is 15.6 Å². The summed E-state index contributed by atoms with van der Waals surface area (Å²) < 4.78 is 6.07. The number of rotatable bonds is 3. The number of hydrogen-bond acceptors (Lipinski definition) is 5. The number of carboxylic acid groups (broad SMARTS) is 1. The highest BCUT2D eigenvalue weighted by molar-refractivity contribution is 5.87. The zero-order valence-electron chi connectivity index (χ0n) is 11.4. The van der Waals surface area contributed by atoms with Gasteiger partial charge in [0.25, 0.3) is 5.78 Å². The van der Waals surface area contributed by atoms with Crippen LogP contribution in [0.1, 0.15) is 16.1 Å². The van der Waals surface area contributed by atoms with Gasteiger partial charge in [0, 0.05) is 5.56 Å². The Morgan fingerprint density at radius 2 is 1.95 bits per heavy atom. The van der Waals surface area contributed by atoms with Gasteiger partial charge in [0.1, 0.15) is 0 Å². The normalized spacial score (nSPS) is 10.8. The lowest BCUT2D eigenvalue weighted by atomic mass is 10.1. The van der Waals surface area contributed by atoms with Crippen LogP contribution in [-0.2, 0) is 0 Å². The van der Waals surface area contributed by atoms with Crippen molar-refractivity contribution in [3.05, 3.63) is 41.6 Å². The summed E-state index contributed by atoms with van der Waals surface area (Å²) in [6.45, 7) is 1.98. The quantitative estimate of drug-likeness (QED) is 0.788. The smallest absolute Gasteiger partial charge is 0.354 e. The van der Waals surface area contributed by atoms with Gasteiger partial charge in [-0.1, -0.05) is 29.8 Å². The number of hydrogen-bond donors (Lipinski definition) is 1. The summed E-state index contributed by atoms with van der Waals surface area (Å²) in [5.74, 6) is -0.925. The highest BCUT2D eigenvalue weighted by atomic mass is 16.5. The topological polar surface area (TPSA) is 89.6 Å². The van der Waals surface area contributed by atoms with Gasteiger partial charge in [0.15, 0.2) is 5.69 Å². The van der Waals surface area contributed by atoms with Crippen LogP contribution >= 0.6 is 0 Å². The minimum Gasteiger partial charge on any atom is -0.477 e. The minimum atomic E-state index is -1.11. The SMILES string of the molecule is COc1nc2nc(-c3ccc(C)cc3)cc(C(=O)O)n2n1. The van der Waals surface area contributed by atoms with E-state index >= 15 is 0 Å². The zero-order valence-corrected chi connectivity index (χ0v) is 11.4. The number of aromatic carboxylic acids is 1. The highest BCUT2D eigenvalue weighted by Crippen LogP contribution is 2.20. The molecule has 7 heteroatoms. The molecule has 0 spiro atoms. The second kappa shape index (κ2) is 4.86. The molecule has 0 aliphatic carbocycles. The van der Waals surface area contributed by atoms with Crippen LogP contribution in [-0.4, -0.2) is 37.8 Å². The molecular weight excluding hydrogens is 272 g/mol. The molecule has 7 nitrogen and oxygen atoms in total. The Hall–Kier alpha value is -2.96. The summed E-state index contributed by atoms with van der Waals surface area (Å²) in [6.07, 6.45) is 0. The van der Waals surface area contributed by atoms with Crippen LogP contribution < -0.4 is 4.74 Å². The van der Waals surface area contributed by atoms with Gasteiger partial charge >= 0.3 is 12.0 Å². The Labute approximate surface area is 119 Å². The Morgan fingerprint density at radius 1 is 1.24 bits per heavy atom. The van der Waals surface area contributed by atoms with Gasteiger partial charge in [0.05, 0.1) is 12.8 Å². The van der Waals surface area contributed by atoms with Gasteiger partial charge in [-0.05, 0) is 13.0 Å². The van der Waals surface area contributed by atoms with Crippen molar-refractivity contribution in [1.82, 2.24) is 19.6 Å². The first-order chi connectivity index (χ1) is 10.1. The molecule has 0 amide bonds. The van der Waals surface area contributed by atoms with E-state index in [0.29, 0.717) is 5.69 Å². The molecule has 21 heavy (non-hydrogen) atoms. The molecule has 0 bridgehead atoms. The molecule has 0 radical (unpaired) electrons. The molecule has 0 saturated heterocycles. The van der Waals surface area contributed by atoms with Crippen molar-refractivity contribution < 1.29 is 14.6 Å². The van der Waals surface area contributed by atoms with Crippen LogP contribution in [0.15, 0.2) is 30.3 Å². The maximum absolute atomic E-state index is 11.4. The van der Waals surface area contributed by atoms with Crippen LogP contribution in [0.2, 0.25) is 0 Å². The van der Waals surface area contributed by atoms with E-state index in [9.17, 15) is 9.90 Å². The Bertz CT molecular complexity index is 824. The lowest BCUT2D eigenvalue weighted by Gasteiger charge is -2.04. The average Bonchev–Trinajstić information content (AvgIpc) is 2.89. The molecular formula is C14H12N4O3. The van der Waals surface area contributed by atoms with Gasteiger partial charge in [0.2, 0.25) is 0 Å². The molecule has 0 aliphatic rings. The molecule has 3 aromatic rings. The predicted molar refractivity (Wildman–Crippen MR) is 74.5 cm³/mol. The van der Waals surface area contributed by atoms with Crippen molar-refractivity contribution in [3.8, 4) is 17.3 Å². The van der Waals surface area contributed by atoms with Crippen molar-refractivity contribution in [2.75, 3.05) is 7.11 Å². The van der Waals surface area contributed by atoms with Crippen molar-refractivity contribution in [1.29, 1.82) is 0 Å². The summed E-state index contributed by atoms with van der Waals surface area (Å²) in [6, 6.07) is 9.18. The van der Waals surface area contributed by atoms with E-state index in [2.05, 4.69) is 15.1 Å². The average molecular weight is 284 g/mol. The summed E-state index contributed by atoms with van der Waals surface area (Å²) in [7, 11) is 1.41. The second-order valence-corrected chi connectivity index (χ2v) is 4.51. The molecule has 0 unspecified atom stereocenters. The third-order valence-corrected chi connectivity index (χ3v) is 3.04. The Balaban J connectivity index is 2.24. The summed E-state index contributed by atoms with van der Waals surface area (Å²) in [4.78, 5) is 19.8. The number of methoxy groups -OCH3 is 1. The van der Waals surface area contributed by atoms with E-state index in [1.54, 1.807) is 0 Å². The van der Waals surface area contributed by atoms with E-state index in [1.807, 2.05) is 31.2 Å². The standard InChI is InChI=1S/C14H12N4O3/c1-8-3-5-9(6-4-8)10-7-11(12(19)20)18-13(15-10)16-14(17-18)21-2/h3-7H,1-2H3,(H,19,20). The van der Waals surface area contributed by atoms with Gasteiger partial charge in [-0.3, -0.25) is 0 Å². The summed E-state index contributed by atoms with van der Waals surface area (Å²) in [5.41, 5.74) is 2.43. The first-order valence-corrected chi connectivity index (χ1v) is 6.20. The third kappa shape index (κ3) is 2.29. The number of aryl methyl sites for hydroxylation is 1. The number of benzene rings is 1. The number of carbonyl (C=O) groups is 1. The molecule has 1 aromatic carbocycles. The Kier molecular flexibility index (Phi) is 3.02. The number of nitrogens with zero attached hydrogens (tertiary/aromatic N) is 4. The van der Waals surface area contributed by atoms with Crippen LogP contribution in [0, 0.1) is 6.92 Å². The van der Waals surface area contributed by atoms with E-state index in [1.165, 1.54) is 13.2 Å². The second-order valence-electron chi connectivity index (χ2n) is 4.51. The molecule has 1 N–H and O–H groups in total. The Morgan fingerprint density at radius 3 is 2.57 bits per heavy atom. The van der Waals surface area contributed by atoms with Gasteiger partial charge in [-0.25, -0.2) is 9.78 Å². The van der Waals surface area contributed by atoms with Crippen molar-refractivity contribution in [2.45, 2.75) is 6.92 Å². The number of carboxylic acids is 1. The monoisotopic (exact) mass is 284 g/mol. The molecule has 0 saturated carbocycles. The largest absolute Gasteiger partial charge is 0.477 e. The molecule has 2 heterocycles. The fourth-order valence-corrected chi connectivity index (χ4v) is 1.96. The fourth-order valence-electron chi connectivity index (χ4n) is 1.96. The minimum absolute atomic E-state index is 0.0219. The lowest BCUT2D eigenvalue weighted by molar-refractivity contribution is 0.0687. The maximum Gasteiger partial charge on any atom is 0.354 e. The molecule has 0 fully saturated rings. The zero-order chi connectivity index (χ0) is 15.0. The number of aromatic nitrogens is 4. The third-order valence-electron chi connectivity index (χ3n) is 3.04. The fraction of sp³-hybridized carbons (Fsp3) is 0.143. The van der Waals surface area contributed by atoms with Crippen molar-refractivity contribution >= 4 is 11.7 Å². The van der Waals surface area contributed by atoms with Crippen LogP contribution in [0.25, 0.3) is 17.0 Å². The summed E-state index contributed by atoms with van der Waals surface area (Å²) in [5, 5.41) is 13.3. The molecule has 0 aliphatic heterocycles. The number of fused-ring (bicyclic) bond motifs is 1. The number of ether oxygens (including phenoxy) is 1. The highest BCUT2D eigenvalue weighted by Gasteiger charge is 2.16. The van der Waals surface area contributed by atoms with Gasteiger partial charge < -0.3 is 9.84 Å². The first-order valence-electron chi connectivity index (χ1n) is 6.20. The first kappa shape index (κ1) is 13.0. The van der Waals surface area contributed by atoms with E-state index < -0.39 is 5.97 Å². The maximum atomic E-state index is 11.4. The van der Waals surface area contributed by atoms with Gasteiger partial charge in [-0.2, -0.15) is 9.50 Å². The summed E-state index contributed by atoms with van der Waals surface area (Å²) >= 11 is 0. The van der Waals surface area contributed by atoms with Crippen molar-refractivity contribution in [2.24, 2.45) is 0 Å².